The topological polar surface area (TPSA) is 33.3 Å². The molecule has 3 nitrogen and oxygen atoms in total. The number of aromatic nitrogens is 1. The van der Waals surface area contributed by atoms with E-state index in [0.717, 1.165) is 5.56 Å². The fourth-order valence-corrected chi connectivity index (χ4v) is 0.746. The van der Waals surface area contributed by atoms with E-state index in [1.54, 1.807) is 12.1 Å². The molecule has 0 unspecified atom stereocenters. The molecule has 0 aliphatic rings. The molecule has 0 saturated carbocycles. The second kappa shape index (κ2) is 3.05. The van der Waals surface area contributed by atoms with Crippen molar-refractivity contribution in [1.82, 2.24) is 0 Å². The van der Waals surface area contributed by atoms with Crippen molar-refractivity contribution in [1.29, 1.82) is 0 Å². The van der Waals surface area contributed by atoms with Crippen LogP contribution in [0.2, 0.25) is 0 Å². The maximum atomic E-state index is 10.0. The van der Waals surface area contributed by atoms with Crippen LogP contribution in [0.15, 0.2) is 36.3 Å². The van der Waals surface area contributed by atoms with Gasteiger partial charge in [0.1, 0.15) is 12.7 Å². The zero-order chi connectivity index (χ0) is 8.27. The van der Waals surface area contributed by atoms with Crippen LogP contribution < -0.4 is 4.57 Å². The van der Waals surface area contributed by atoms with E-state index in [9.17, 15) is 4.91 Å². The summed E-state index contributed by atoms with van der Waals surface area (Å²) >= 11 is 0. The summed E-state index contributed by atoms with van der Waals surface area (Å²) in [6.45, 7) is 3.48. The smallest absolute Gasteiger partial charge is 0.169 e. The predicted octanol–water partition coefficient (Wildman–Crippen LogP) is 1.25. The standard InChI is InChI=1S/C8H9N2O/c1-7(9-11)8-3-5-10(2)6-4-8/h3-6H,1H2,2H3/q+1. The van der Waals surface area contributed by atoms with E-state index in [0.29, 0.717) is 0 Å². The fourth-order valence-electron chi connectivity index (χ4n) is 0.746. The Morgan fingerprint density at radius 2 is 2.09 bits per heavy atom. The summed E-state index contributed by atoms with van der Waals surface area (Å²) in [4.78, 5) is 10.0. The first-order valence-corrected chi connectivity index (χ1v) is 3.22. The molecule has 0 amide bonds. The highest BCUT2D eigenvalue weighted by Crippen LogP contribution is 2.09. The first-order valence-electron chi connectivity index (χ1n) is 3.22. The van der Waals surface area contributed by atoms with E-state index in [2.05, 4.69) is 11.8 Å². The van der Waals surface area contributed by atoms with Gasteiger partial charge in [0.05, 0.1) is 0 Å². The molecule has 0 aliphatic carbocycles. The number of nitroso groups, excluding NO2 is 1. The second-order valence-electron chi connectivity index (χ2n) is 2.29. The molecule has 0 spiro atoms. The van der Waals surface area contributed by atoms with Gasteiger partial charge in [0.25, 0.3) is 0 Å². The van der Waals surface area contributed by atoms with Crippen LogP contribution >= 0.6 is 0 Å². The van der Waals surface area contributed by atoms with Crippen LogP contribution in [0.3, 0.4) is 0 Å². The monoisotopic (exact) mass is 149 g/mol. The number of pyridine rings is 1. The normalized spacial score (nSPS) is 9.18. The second-order valence-corrected chi connectivity index (χ2v) is 2.29. The summed E-state index contributed by atoms with van der Waals surface area (Å²) in [5.74, 6) is 0. The molecule has 0 N–H and O–H groups in total. The maximum absolute atomic E-state index is 10.0. The van der Waals surface area contributed by atoms with Crippen LogP contribution in [0.25, 0.3) is 5.70 Å². The van der Waals surface area contributed by atoms with E-state index in [4.69, 9.17) is 0 Å². The van der Waals surface area contributed by atoms with Gasteiger partial charge in [-0.1, -0.05) is 6.58 Å². The Bertz CT molecular complexity index is 277. The Morgan fingerprint density at radius 1 is 1.55 bits per heavy atom. The quantitative estimate of drug-likeness (QED) is 0.460. The summed E-state index contributed by atoms with van der Waals surface area (Å²) in [6, 6.07) is 3.59. The molecule has 3 heteroatoms. The van der Waals surface area contributed by atoms with Gasteiger partial charge in [-0.3, -0.25) is 0 Å². The molecular weight excluding hydrogens is 140 g/mol. The Balaban J connectivity index is 2.98. The Morgan fingerprint density at radius 3 is 2.55 bits per heavy atom. The van der Waals surface area contributed by atoms with Crippen molar-refractivity contribution in [2.24, 2.45) is 12.2 Å². The molecule has 11 heavy (non-hydrogen) atoms. The molecule has 0 bridgehead atoms. The summed E-state index contributed by atoms with van der Waals surface area (Å²) in [6.07, 6.45) is 3.68. The Kier molecular flexibility index (Phi) is 2.11. The first kappa shape index (κ1) is 7.60. The zero-order valence-corrected chi connectivity index (χ0v) is 6.32. The van der Waals surface area contributed by atoms with Gasteiger partial charge in [-0.25, -0.2) is 4.57 Å². The van der Waals surface area contributed by atoms with E-state index in [1.165, 1.54) is 0 Å². The lowest BCUT2D eigenvalue weighted by Crippen LogP contribution is -2.25. The molecule has 0 fully saturated rings. The number of nitrogens with zero attached hydrogens (tertiary/aromatic N) is 2. The van der Waals surface area contributed by atoms with Gasteiger partial charge in [-0.2, -0.15) is 0 Å². The van der Waals surface area contributed by atoms with Gasteiger partial charge in [0, 0.05) is 17.7 Å². The molecule has 0 atom stereocenters. The van der Waals surface area contributed by atoms with E-state index >= 15 is 0 Å². The van der Waals surface area contributed by atoms with Crippen LogP contribution in [0, 0.1) is 4.91 Å². The summed E-state index contributed by atoms with van der Waals surface area (Å²) in [5, 5.41) is 2.73. The third kappa shape index (κ3) is 1.70. The minimum absolute atomic E-state index is 0.269. The average Bonchev–Trinajstić information content (AvgIpc) is 2.05. The highest BCUT2D eigenvalue weighted by molar-refractivity contribution is 5.60. The summed E-state index contributed by atoms with van der Waals surface area (Å²) in [5.41, 5.74) is 1.03. The average molecular weight is 149 g/mol. The molecule has 0 saturated heterocycles. The lowest BCUT2D eigenvalue weighted by molar-refractivity contribution is -0.671. The highest BCUT2D eigenvalue weighted by atomic mass is 16.3. The molecule has 1 heterocycles. The summed E-state index contributed by atoms with van der Waals surface area (Å²) in [7, 11) is 1.90. The van der Waals surface area contributed by atoms with Gasteiger partial charge >= 0.3 is 0 Å². The van der Waals surface area contributed by atoms with Crippen LogP contribution in [0.5, 0.6) is 0 Å². The highest BCUT2D eigenvalue weighted by Gasteiger charge is 1.99. The molecule has 0 radical (unpaired) electrons. The lowest BCUT2D eigenvalue weighted by Gasteiger charge is -1.92. The van der Waals surface area contributed by atoms with Crippen molar-refractivity contribution in [2.75, 3.05) is 0 Å². The SMILES string of the molecule is C=C(N=O)c1cc[n+](C)cc1. The number of aryl methyl sites for hydroxylation is 1. The minimum Gasteiger partial charge on any atom is -0.208 e. The number of hydrogen-bond acceptors (Lipinski definition) is 2. The van der Waals surface area contributed by atoms with Crippen LogP contribution in [0.4, 0.5) is 0 Å². The van der Waals surface area contributed by atoms with Gasteiger partial charge in [0.15, 0.2) is 12.4 Å². The van der Waals surface area contributed by atoms with Crippen LogP contribution in [0.1, 0.15) is 5.56 Å². The van der Waals surface area contributed by atoms with Crippen LogP contribution in [-0.4, -0.2) is 0 Å². The third-order valence-electron chi connectivity index (χ3n) is 1.42. The number of rotatable bonds is 2. The van der Waals surface area contributed by atoms with Gasteiger partial charge in [0.2, 0.25) is 0 Å². The zero-order valence-electron chi connectivity index (χ0n) is 6.32. The molecular formula is C8H9N2O+. The van der Waals surface area contributed by atoms with Crippen molar-refractivity contribution in [2.45, 2.75) is 0 Å². The Labute approximate surface area is 65.0 Å². The minimum atomic E-state index is 0.269. The Hall–Kier alpha value is -1.51. The van der Waals surface area contributed by atoms with E-state index in [-0.39, 0.29) is 5.70 Å². The van der Waals surface area contributed by atoms with Crippen LogP contribution in [-0.2, 0) is 7.05 Å². The molecule has 0 aromatic carbocycles. The molecule has 0 aliphatic heterocycles. The first-order chi connectivity index (χ1) is 5.24. The van der Waals surface area contributed by atoms with Gasteiger partial charge in [-0.05, 0) is 5.18 Å². The predicted molar refractivity (Wildman–Crippen MR) is 42.4 cm³/mol. The van der Waals surface area contributed by atoms with Crippen molar-refractivity contribution < 1.29 is 4.57 Å². The van der Waals surface area contributed by atoms with Crippen molar-refractivity contribution in [3.05, 3.63) is 41.6 Å². The summed E-state index contributed by atoms with van der Waals surface area (Å²) < 4.78 is 1.88. The fraction of sp³-hybridized carbons (Fsp3) is 0.125. The third-order valence-corrected chi connectivity index (χ3v) is 1.42. The largest absolute Gasteiger partial charge is 0.208 e. The van der Waals surface area contributed by atoms with E-state index < -0.39 is 0 Å². The van der Waals surface area contributed by atoms with E-state index in [1.807, 2.05) is 24.0 Å². The number of hydrogen-bond donors (Lipinski definition) is 0. The van der Waals surface area contributed by atoms with Crippen molar-refractivity contribution >= 4 is 5.70 Å². The van der Waals surface area contributed by atoms with Gasteiger partial charge < -0.3 is 0 Å². The van der Waals surface area contributed by atoms with Gasteiger partial charge in [-0.15, -0.1) is 4.91 Å². The molecule has 1 rings (SSSR count). The maximum Gasteiger partial charge on any atom is 0.169 e. The molecule has 56 valence electrons. The van der Waals surface area contributed by atoms with Crippen molar-refractivity contribution in [3.8, 4) is 0 Å². The van der Waals surface area contributed by atoms with Crippen molar-refractivity contribution in [3.63, 3.8) is 0 Å². The lowest BCUT2D eigenvalue weighted by atomic mass is 10.2. The molecule has 1 aromatic rings. The molecule has 1 aromatic heterocycles.